The predicted octanol–water partition coefficient (Wildman–Crippen LogP) is 3.26. The molecule has 158 valence electrons. The van der Waals surface area contributed by atoms with E-state index in [4.69, 9.17) is 19.6 Å². The lowest BCUT2D eigenvalue weighted by atomic mass is 9.80. The molecule has 2 aromatic rings. The molecule has 2 N–H and O–H groups in total. The number of nitrogens with zero attached hydrogens (tertiary/aromatic N) is 1. The second-order valence-corrected chi connectivity index (χ2v) is 9.15. The molecular formula is C24H28N2O4. The molecule has 0 unspecified atom stereocenters. The number of aliphatic hydroxyl groups is 1. The molecule has 4 rings (SSSR count). The van der Waals surface area contributed by atoms with E-state index in [1.165, 1.54) is 5.56 Å². The van der Waals surface area contributed by atoms with Crippen molar-refractivity contribution in [3.8, 4) is 11.5 Å². The van der Waals surface area contributed by atoms with Gasteiger partial charge in [-0.3, -0.25) is 9.79 Å². The molecule has 2 aromatic carbocycles. The highest BCUT2D eigenvalue weighted by molar-refractivity contribution is 6.16. The minimum absolute atomic E-state index is 0.292. The number of carbonyl (C=O) groups is 1. The molecule has 0 aromatic heterocycles. The largest absolute Gasteiger partial charge is 0.493 e. The molecule has 0 atom stereocenters. The Morgan fingerprint density at radius 1 is 1.23 bits per heavy atom. The second kappa shape index (κ2) is 7.13. The van der Waals surface area contributed by atoms with Crippen LogP contribution in [-0.4, -0.2) is 41.7 Å². The van der Waals surface area contributed by atoms with Crippen molar-refractivity contribution in [2.24, 2.45) is 4.99 Å². The van der Waals surface area contributed by atoms with Gasteiger partial charge in [-0.15, -0.1) is 0 Å². The zero-order valence-corrected chi connectivity index (χ0v) is 18.1. The Balaban J connectivity index is 1.92. The van der Waals surface area contributed by atoms with Crippen LogP contribution in [0, 0.1) is 0 Å². The summed E-state index contributed by atoms with van der Waals surface area (Å²) in [5, 5.41) is 11.5. The van der Waals surface area contributed by atoms with E-state index >= 15 is 0 Å². The number of nitrogens with one attached hydrogen (secondary N) is 1. The number of rotatable bonds is 4. The molecule has 0 fully saturated rings. The van der Waals surface area contributed by atoms with Crippen LogP contribution < -0.4 is 14.8 Å². The first-order chi connectivity index (χ1) is 14.1. The molecule has 0 aliphatic carbocycles. The van der Waals surface area contributed by atoms with Crippen LogP contribution in [0.1, 0.15) is 60.3 Å². The lowest BCUT2D eigenvalue weighted by Crippen LogP contribution is -2.31. The van der Waals surface area contributed by atoms with Gasteiger partial charge in [0.05, 0.1) is 18.4 Å². The maximum Gasteiger partial charge on any atom is 0.253 e. The molecule has 2 aliphatic rings. The first-order valence-electron chi connectivity index (χ1n) is 10.2. The number of aliphatic imine (C=N–C) groups is 1. The summed E-state index contributed by atoms with van der Waals surface area (Å²) in [6.45, 7) is 7.96. The quantitative estimate of drug-likeness (QED) is 0.761. The standard InChI is InChI=1S/C24H28N2O4/c1-23(2)11-16-10-18(29-5)21-17(12-24(3,4)30-21)19(16)20(26-23)14-7-6-8-15(9-14)22(28)25-13-27/h6-10,27H,11-13H2,1-5H3,(H,25,28). The minimum Gasteiger partial charge on any atom is -0.493 e. The van der Waals surface area contributed by atoms with Crippen molar-refractivity contribution in [2.75, 3.05) is 13.8 Å². The molecule has 0 radical (unpaired) electrons. The van der Waals surface area contributed by atoms with Crippen LogP contribution in [0.5, 0.6) is 11.5 Å². The third kappa shape index (κ3) is 3.56. The Labute approximate surface area is 176 Å². The van der Waals surface area contributed by atoms with Crippen molar-refractivity contribution in [3.63, 3.8) is 0 Å². The van der Waals surface area contributed by atoms with Gasteiger partial charge in [-0.25, -0.2) is 0 Å². The molecule has 0 bridgehead atoms. The van der Waals surface area contributed by atoms with E-state index in [2.05, 4.69) is 39.1 Å². The van der Waals surface area contributed by atoms with Gasteiger partial charge in [-0.1, -0.05) is 12.1 Å². The van der Waals surface area contributed by atoms with Crippen LogP contribution in [0.3, 0.4) is 0 Å². The molecule has 0 saturated heterocycles. The van der Waals surface area contributed by atoms with E-state index in [0.717, 1.165) is 46.7 Å². The number of methoxy groups -OCH3 is 1. The van der Waals surface area contributed by atoms with Gasteiger partial charge < -0.3 is 19.9 Å². The van der Waals surface area contributed by atoms with E-state index in [1.54, 1.807) is 13.2 Å². The molecule has 0 saturated carbocycles. The lowest BCUT2D eigenvalue weighted by molar-refractivity contribution is 0.0910. The summed E-state index contributed by atoms with van der Waals surface area (Å²) in [6, 6.07) is 9.43. The van der Waals surface area contributed by atoms with Crippen LogP contribution >= 0.6 is 0 Å². The maximum atomic E-state index is 12.3. The molecule has 30 heavy (non-hydrogen) atoms. The Bertz CT molecular complexity index is 1050. The number of carbonyl (C=O) groups excluding carboxylic acids is 1. The van der Waals surface area contributed by atoms with Gasteiger partial charge in [0.25, 0.3) is 5.91 Å². The van der Waals surface area contributed by atoms with Gasteiger partial charge in [-0.05, 0) is 57.9 Å². The average Bonchev–Trinajstić information content (AvgIpc) is 3.01. The molecule has 2 aliphatic heterocycles. The highest BCUT2D eigenvalue weighted by Gasteiger charge is 2.39. The third-order valence-corrected chi connectivity index (χ3v) is 5.54. The van der Waals surface area contributed by atoms with Crippen molar-refractivity contribution < 1.29 is 19.4 Å². The smallest absolute Gasteiger partial charge is 0.253 e. The van der Waals surface area contributed by atoms with Crippen molar-refractivity contribution in [2.45, 2.75) is 51.7 Å². The predicted molar refractivity (Wildman–Crippen MR) is 116 cm³/mol. The summed E-state index contributed by atoms with van der Waals surface area (Å²) in [5.41, 5.74) is 4.95. The number of hydrogen-bond donors (Lipinski definition) is 2. The summed E-state index contributed by atoms with van der Waals surface area (Å²) < 4.78 is 11.9. The molecule has 0 spiro atoms. The van der Waals surface area contributed by atoms with Gasteiger partial charge in [-0.2, -0.15) is 0 Å². The van der Waals surface area contributed by atoms with Crippen molar-refractivity contribution in [1.82, 2.24) is 5.32 Å². The number of aliphatic hydroxyl groups excluding tert-OH is 1. The number of hydrogen-bond acceptors (Lipinski definition) is 5. The van der Waals surface area contributed by atoms with Gasteiger partial charge in [0.2, 0.25) is 0 Å². The maximum absolute atomic E-state index is 12.3. The fourth-order valence-corrected chi connectivity index (χ4v) is 4.41. The summed E-state index contributed by atoms with van der Waals surface area (Å²) in [5.74, 6) is 1.21. The van der Waals surface area contributed by atoms with Gasteiger partial charge in [0.1, 0.15) is 12.3 Å². The second-order valence-electron chi connectivity index (χ2n) is 9.15. The normalized spacial score (nSPS) is 18.0. The summed E-state index contributed by atoms with van der Waals surface area (Å²) in [7, 11) is 1.67. The SMILES string of the molecule is COc1cc2c(c3c1OC(C)(C)C3)C(c1cccc(C(=O)NCO)c1)=NC(C)(C)C2. The van der Waals surface area contributed by atoms with E-state index in [0.29, 0.717) is 5.56 Å². The Morgan fingerprint density at radius 2 is 2.00 bits per heavy atom. The van der Waals surface area contributed by atoms with E-state index in [9.17, 15) is 4.79 Å². The number of benzene rings is 2. The molecule has 6 heteroatoms. The zero-order chi connectivity index (χ0) is 21.7. The lowest BCUT2D eigenvalue weighted by Gasteiger charge is -2.31. The third-order valence-electron chi connectivity index (χ3n) is 5.54. The molecule has 6 nitrogen and oxygen atoms in total. The molecular weight excluding hydrogens is 380 g/mol. The van der Waals surface area contributed by atoms with Crippen molar-refractivity contribution >= 4 is 11.6 Å². The van der Waals surface area contributed by atoms with E-state index in [-0.39, 0.29) is 17.0 Å². The fourth-order valence-electron chi connectivity index (χ4n) is 4.41. The average molecular weight is 408 g/mol. The van der Waals surface area contributed by atoms with E-state index in [1.807, 2.05) is 18.2 Å². The molecule has 2 heterocycles. The Kier molecular flexibility index (Phi) is 4.85. The topological polar surface area (TPSA) is 80.2 Å². The van der Waals surface area contributed by atoms with E-state index < -0.39 is 6.73 Å². The fraction of sp³-hybridized carbons (Fsp3) is 0.417. The van der Waals surface area contributed by atoms with Crippen LogP contribution in [0.25, 0.3) is 0 Å². The highest BCUT2D eigenvalue weighted by atomic mass is 16.5. The zero-order valence-electron chi connectivity index (χ0n) is 18.1. The Morgan fingerprint density at radius 3 is 2.70 bits per heavy atom. The minimum atomic E-state index is -0.403. The molecule has 1 amide bonds. The van der Waals surface area contributed by atoms with Gasteiger partial charge >= 0.3 is 0 Å². The Hall–Kier alpha value is -2.86. The van der Waals surface area contributed by atoms with Gasteiger partial charge in [0.15, 0.2) is 11.5 Å². The number of amides is 1. The number of fused-ring (bicyclic) bond motifs is 3. The first kappa shape index (κ1) is 20.4. The van der Waals surface area contributed by atoms with Crippen molar-refractivity contribution in [3.05, 3.63) is 58.1 Å². The van der Waals surface area contributed by atoms with Crippen LogP contribution in [0.2, 0.25) is 0 Å². The van der Waals surface area contributed by atoms with Crippen LogP contribution in [-0.2, 0) is 12.8 Å². The van der Waals surface area contributed by atoms with Crippen molar-refractivity contribution in [1.29, 1.82) is 0 Å². The first-order valence-corrected chi connectivity index (χ1v) is 10.2. The van der Waals surface area contributed by atoms with Gasteiger partial charge in [0, 0.05) is 28.7 Å². The van der Waals surface area contributed by atoms with Crippen LogP contribution in [0.4, 0.5) is 0 Å². The van der Waals surface area contributed by atoms with Crippen LogP contribution in [0.15, 0.2) is 35.3 Å². The summed E-state index contributed by atoms with van der Waals surface area (Å²) in [4.78, 5) is 17.4. The highest BCUT2D eigenvalue weighted by Crippen LogP contribution is 2.47. The monoisotopic (exact) mass is 408 g/mol. The summed E-state index contributed by atoms with van der Waals surface area (Å²) in [6.07, 6.45) is 1.55. The summed E-state index contributed by atoms with van der Waals surface area (Å²) >= 11 is 0. The number of ether oxygens (including phenoxy) is 2.